The van der Waals surface area contributed by atoms with E-state index in [1.165, 1.54) is 11.0 Å². The fraction of sp³-hybridized carbons (Fsp3) is 0.190. The topological polar surface area (TPSA) is 94.7 Å². The lowest BCUT2D eigenvalue weighted by atomic mass is 10.1. The molecule has 4 aromatic rings. The molecule has 11 heteroatoms. The van der Waals surface area contributed by atoms with Gasteiger partial charge in [0.1, 0.15) is 12.9 Å². The minimum atomic E-state index is -4.46. The number of halogens is 3. The summed E-state index contributed by atoms with van der Waals surface area (Å²) in [7, 11) is 0. The number of rotatable bonds is 5. The Kier molecular flexibility index (Phi) is 5.47. The van der Waals surface area contributed by atoms with E-state index in [1.54, 1.807) is 0 Å². The lowest BCUT2D eigenvalue weighted by Gasteiger charge is -2.09. The van der Waals surface area contributed by atoms with Crippen molar-refractivity contribution in [3.63, 3.8) is 0 Å². The maximum absolute atomic E-state index is 12.7. The van der Waals surface area contributed by atoms with E-state index < -0.39 is 23.2 Å². The molecule has 1 amide bonds. The minimum absolute atomic E-state index is 0.0157. The van der Waals surface area contributed by atoms with E-state index >= 15 is 0 Å². The number of anilines is 1. The van der Waals surface area contributed by atoms with E-state index in [9.17, 15) is 22.8 Å². The van der Waals surface area contributed by atoms with E-state index in [1.807, 2.05) is 31.2 Å². The van der Waals surface area contributed by atoms with Gasteiger partial charge in [-0.3, -0.25) is 14.2 Å². The second-order valence-corrected chi connectivity index (χ2v) is 7.21. The molecule has 164 valence electrons. The highest BCUT2D eigenvalue weighted by atomic mass is 19.4. The van der Waals surface area contributed by atoms with Crippen molar-refractivity contribution < 1.29 is 18.0 Å². The van der Waals surface area contributed by atoms with E-state index in [4.69, 9.17) is 0 Å². The van der Waals surface area contributed by atoms with Gasteiger partial charge in [-0.15, -0.1) is 5.10 Å². The summed E-state index contributed by atoms with van der Waals surface area (Å²) in [6.45, 7) is 1.97. The number of hydrogen-bond donors (Lipinski definition) is 1. The third kappa shape index (κ3) is 4.51. The first-order valence-corrected chi connectivity index (χ1v) is 9.52. The predicted octanol–water partition coefficient (Wildman–Crippen LogP) is 3.00. The van der Waals surface area contributed by atoms with Gasteiger partial charge in [-0.25, -0.2) is 9.67 Å². The third-order valence-electron chi connectivity index (χ3n) is 4.75. The first-order chi connectivity index (χ1) is 15.2. The van der Waals surface area contributed by atoms with Gasteiger partial charge in [0.15, 0.2) is 11.2 Å². The minimum Gasteiger partial charge on any atom is -0.325 e. The number of aromatic nitrogens is 5. The average Bonchev–Trinajstić information content (AvgIpc) is 3.15. The Balaban J connectivity index is 1.49. The van der Waals surface area contributed by atoms with Crippen LogP contribution in [0.15, 0.2) is 59.7 Å². The SMILES string of the molecule is Cc1ccc(Cn2nnc3c(=O)n(CC(=O)Nc4ccc(C(F)(F)F)cc4)cnc32)cc1. The van der Waals surface area contributed by atoms with E-state index in [0.29, 0.717) is 6.54 Å². The molecule has 0 radical (unpaired) electrons. The highest BCUT2D eigenvalue weighted by Gasteiger charge is 2.30. The summed E-state index contributed by atoms with van der Waals surface area (Å²) in [5, 5.41) is 10.3. The van der Waals surface area contributed by atoms with Crippen LogP contribution in [0.4, 0.5) is 18.9 Å². The molecule has 2 aromatic carbocycles. The number of nitrogens with one attached hydrogen (secondary N) is 1. The second-order valence-electron chi connectivity index (χ2n) is 7.21. The van der Waals surface area contributed by atoms with Gasteiger partial charge in [0.05, 0.1) is 12.1 Å². The Hall–Kier alpha value is -4.02. The quantitative estimate of drug-likeness (QED) is 0.513. The zero-order valence-corrected chi connectivity index (χ0v) is 16.8. The summed E-state index contributed by atoms with van der Waals surface area (Å²) >= 11 is 0. The van der Waals surface area contributed by atoms with Crippen LogP contribution in [0.25, 0.3) is 11.2 Å². The van der Waals surface area contributed by atoms with Crippen LogP contribution in [-0.2, 0) is 24.1 Å². The van der Waals surface area contributed by atoms with Gasteiger partial charge in [-0.05, 0) is 36.8 Å². The molecule has 0 fully saturated rings. The Morgan fingerprint density at radius 1 is 1.06 bits per heavy atom. The molecule has 0 aliphatic rings. The van der Waals surface area contributed by atoms with Crippen LogP contribution in [0.1, 0.15) is 16.7 Å². The number of amides is 1. The van der Waals surface area contributed by atoms with E-state index in [-0.39, 0.29) is 23.4 Å². The maximum atomic E-state index is 12.7. The molecule has 0 saturated heterocycles. The largest absolute Gasteiger partial charge is 0.416 e. The Bertz CT molecular complexity index is 1330. The monoisotopic (exact) mass is 442 g/mol. The van der Waals surface area contributed by atoms with Gasteiger partial charge >= 0.3 is 6.18 Å². The second kappa shape index (κ2) is 8.25. The predicted molar refractivity (Wildman–Crippen MR) is 110 cm³/mol. The first kappa shape index (κ1) is 21.2. The molecule has 4 rings (SSSR count). The molecular formula is C21H17F3N6O2. The van der Waals surface area contributed by atoms with Crippen molar-refractivity contribution in [3.8, 4) is 0 Å². The third-order valence-corrected chi connectivity index (χ3v) is 4.75. The summed E-state index contributed by atoms with van der Waals surface area (Å²) in [4.78, 5) is 29.2. The molecule has 0 aliphatic carbocycles. The molecule has 0 aliphatic heterocycles. The van der Waals surface area contributed by atoms with Gasteiger partial charge < -0.3 is 5.32 Å². The van der Waals surface area contributed by atoms with Crippen molar-refractivity contribution in [2.75, 3.05) is 5.32 Å². The molecule has 0 atom stereocenters. The lowest BCUT2D eigenvalue weighted by Crippen LogP contribution is -2.28. The van der Waals surface area contributed by atoms with Crippen molar-refractivity contribution in [3.05, 3.63) is 81.9 Å². The highest BCUT2D eigenvalue weighted by molar-refractivity contribution is 5.90. The molecule has 2 heterocycles. The van der Waals surface area contributed by atoms with Gasteiger partial charge in [0.25, 0.3) is 5.56 Å². The van der Waals surface area contributed by atoms with Crippen molar-refractivity contribution >= 4 is 22.8 Å². The zero-order valence-electron chi connectivity index (χ0n) is 16.8. The van der Waals surface area contributed by atoms with Crippen LogP contribution < -0.4 is 10.9 Å². The average molecular weight is 442 g/mol. The highest BCUT2D eigenvalue weighted by Crippen LogP contribution is 2.29. The summed E-state index contributed by atoms with van der Waals surface area (Å²) in [6, 6.07) is 11.8. The van der Waals surface area contributed by atoms with Gasteiger partial charge in [-0.2, -0.15) is 13.2 Å². The number of nitrogens with zero attached hydrogens (tertiary/aromatic N) is 5. The van der Waals surface area contributed by atoms with Crippen LogP contribution in [0, 0.1) is 6.92 Å². The van der Waals surface area contributed by atoms with Crippen LogP contribution in [0.5, 0.6) is 0 Å². The number of fused-ring (bicyclic) bond motifs is 1. The molecule has 0 unspecified atom stereocenters. The lowest BCUT2D eigenvalue weighted by molar-refractivity contribution is -0.137. The van der Waals surface area contributed by atoms with Gasteiger partial charge in [0.2, 0.25) is 5.91 Å². The van der Waals surface area contributed by atoms with Crippen LogP contribution >= 0.6 is 0 Å². The summed E-state index contributed by atoms with van der Waals surface area (Å²) in [5.41, 5.74) is 1.19. The Morgan fingerprint density at radius 3 is 2.41 bits per heavy atom. The summed E-state index contributed by atoms with van der Waals surface area (Å²) in [6.07, 6.45) is -3.25. The zero-order chi connectivity index (χ0) is 22.9. The summed E-state index contributed by atoms with van der Waals surface area (Å²) in [5.74, 6) is -0.597. The molecule has 8 nitrogen and oxygen atoms in total. The Labute approximate surface area is 179 Å². The number of carbonyl (C=O) groups excluding carboxylic acids is 1. The number of carbonyl (C=O) groups is 1. The van der Waals surface area contributed by atoms with E-state index in [0.717, 1.165) is 40.0 Å². The van der Waals surface area contributed by atoms with Crippen LogP contribution in [0.3, 0.4) is 0 Å². The van der Waals surface area contributed by atoms with Crippen molar-refractivity contribution in [1.82, 2.24) is 24.5 Å². The first-order valence-electron chi connectivity index (χ1n) is 9.52. The molecule has 0 spiro atoms. The van der Waals surface area contributed by atoms with Gasteiger partial charge in [-0.1, -0.05) is 35.0 Å². The van der Waals surface area contributed by atoms with Crippen LogP contribution in [0.2, 0.25) is 0 Å². The number of benzene rings is 2. The smallest absolute Gasteiger partial charge is 0.325 e. The maximum Gasteiger partial charge on any atom is 0.416 e. The van der Waals surface area contributed by atoms with Gasteiger partial charge in [0, 0.05) is 5.69 Å². The fourth-order valence-corrected chi connectivity index (χ4v) is 3.07. The molecule has 0 bridgehead atoms. The van der Waals surface area contributed by atoms with E-state index in [2.05, 4.69) is 20.6 Å². The molecule has 32 heavy (non-hydrogen) atoms. The number of aryl methyl sites for hydroxylation is 1. The Morgan fingerprint density at radius 2 is 1.75 bits per heavy atom. The fourth-order valence-electron chi connectivity index (χ4n) is 3.07. The number of alkyl halides is 3. The molecule has 2 aromatic heterocycles. The number of hydrogen-bond acceptors (Lipinski definition) is 5. The standard InChI is InChI=1S/C21H17F3N6O2/c1-13-2-4-14(5-3-13)10-30-19-18(27-28-30)20(32)29(12-25-19)11-17(31)26-16-8-6-15(7-9-16)21(22,23)24/h2-9,12H,10-11H2,1H3,(H,26,31). The van der Waals surface area contributed by atoms with Crippen LogP contribution in [-0.4, -0.2) is 30.5 Å². The molecule has 0 saturated carbocycles. The molecule has 1 N–H and O–H groups in total. The van der Waals surface area contributed by atoms with Crippen molar-refractivity contribution in [2.45, 2.75) is 26.2 Å². The van der Waals surface area contributed by atoms with Crippen molar-refractivity contribution in [2.24, 2.45) is 0 Å². The normalized spacial score (nSPS) is 11.6. The molecular weight excluding hydrogens is 425 g/mol. The van der Waals surface area contributed by atoms with Crippen molar-refractivity contribution in [1.29, 1.82) is 0 Å². The summed E-state index contributed by atoms with van der Waals surface area (Å²) < 4.78 is 40.5.